The maximum atomic E-state index is 13.8. The fraction of sp³-hybridized carbons (Fsp3) is 0.314. The van der Waals surface area contributed by atoms with Crippen LogP contribution in [0.5, 0.6) is 0 Å². The molecule has 0 spiro atoms. The second-order valence-electron chi connectivity index (χ2n) is 11.4. The maximum Gasteiger partial charge on any atom is 0.228 e. The number of hydrogen-bond acceptors (Lipinski definition) is 3. The summed E-state index contributed by atoms with van der Waals surface area (Å²) in [5, 5.41) is 7.69. The molecule has 0 saturated carbocycles. The van der Waals surface area contributed by atoms with Crippen LogP contribution in [-0.4, -0.2) is 10.9 Å². The number of amides is 1. The van der Waals surface area contributed by atoms with Crippen molar-refractivity contribution in [2.45, 2.75) is 63.8 Å². The summed E-state index contributed by atoms with van der Waals surface area (Å²) in [5.41, 5.74) is 10.2. The molecule has 0 bridgehead atoms. The third-order valence-electron chi connectivity index (χ3n) is 8.90. The summed E-state index contributed by atoms with van der Waals surface area (Å²) in [6, 6.07) is 23.5. The van der Waals surface area contributed by atoms with Crippen LogP contribution in [0.3, 0.4) is 0 Å². The monoisotopic (exact) mass is 532 g/mol. The molecule has 3 atom stereocenters. The second kappa shape index (κ2) is 10.6. The third kappa shape index (κ3) is 4.87. The van der Waals surface area contributed by atoms with Crippen molar-refractivity contribution in [3.8, 4) is 0 Å². The van der Waals surface area contributed by atoms with E-state index < -0.39 is 5.54 Å². The first-order chi connectivity index (χ1) is 18.9. The van der Waals surface area contributed by atoms with Crippen LogP contribution in [0.1, 0.15) is 69.9 Å². The Bertz CT molecular complexity index is 1500. The highest BCUT2D eigenvalue weighted by atomic mass is 32.1. The standard InChI is InChI=1S/C35H36N2OS/c1-23-9-4-5-11-26(23)20-32-25(3)21-35(37-34(32)38,28-17-18-39-22-28)33-16-8-13-29(36-33)19-27-12-7-14-30-24(2)10-6-15-31(27)30/h4-6,8-11,13,15-18,22,27,32H,3,7,12,14,19-21H2,1-2H3,(H,37,38). The lowest BCUT2D eigenvalue weighted by Gasteiger charge is -2.42. The van der Waals surface area contributed by atoms with Gasteiger partial charge in [-0.2, -0.15) is 11.3 Å². The number of fused-ring (bicyclic) bond motifs is 1. The van der Waals surface area contributed by atoms with E-state index >= 15 is 0 Å². The van der Waals surface area contributed by atoms with Crippen molar-refractivity contribution < 1.29 is 4.79 Å². The Kier molecular flexibility index (Phi) is 6.99. The van der Waals surface area contributed by atoms with Gasteiger partial charge in [0.15, 0.2) is 0 Å². The van der Waals surface area contributed by atoms with Gasteiger partial charge in [-0.05, 0) is 114 Å². The highest BCUT2D eigenvalue weighted by molar-refractivity contribution is 7.08. The van der Waals surface area contributed by atoms with Gasteiger partial charge in [0.25, 0.3) is 0 Å². The lowest BCUT2D eigenvalue weighted by atomic mass is 9.73. The predicted molar refractivity (Wildman–Crippen MR) is 160 cm³/mol. The summed E-state index contributed by atoms with van der Waals surface area (Å²) in [4.78, 5) is 19.0. The molecule has 2 aromatic carbocycles. The molecular formula is C35H36N2OS. The normalized spacial score (nSPS) is 22.8. The molecule has 39 heavy (non-hydrogen) atoms. The van der Waals surface area contributed by atoms with Crippen LogP contribution in [0.15, 0.2) is 89.6 Å². The largest absolute Gasteiger partial charge is 0.340 e. The quantitative estimate of drug-likeness (QED) is 0.260. The van der Waals surface area contributed by atoms with Crippen molar-refractivity contribution in [2.75, 3.05) is 0 Å². The van der Waals surface area contributed by atoms with Gasteiger partial charge >= 0.3 is 0 Å². The van der Waals surface area contributed by atoms with Gasteiger partial charge in [0.2, 0.25) is 5.91 Å². The molecule has 1 fully saturated rings. The Morgan fingerprint density at radius 2 is 1.82 bits per heavy atom. The van der Waals surface area contributed by atoms with Crippen LogP contribution in [0.4, 0.5) is 0 Å². The molecule has 1 N–H and O–H groups in total. The van der Waals surface area contributed by atoms with E-state index in [1.165, 1.54) is 47.1 Å². The Morgan fingerprint density at radius 3 is 2.62 bits per heavy atom. The van der Waals surface area contributed by atoms with Gasteiger partial charge in [-0.1, -0.05) is 60.7 Å². The summed E-state index contributed by atoms with van der Waals surface area (Å²) in [7, 11) is 0. The van der Waals surface area contributed by atoms with E-state index in [1.807, 2.05) is 12.1 Å². The minimum atomic E-state index is -0.701. The van der Waals surface area contributed by atoms with E-state index in [9.17, 15) is 4.79 Å². The van der Waals surface area contributed by atoms with E-state index in [1.54, 1.807) is 11.3 Å². The molecule has 3 nitrogen and oxygen atoms in total. The van der Waals surface area contributed by atoms with Crippen LogP contribution in [0.2, 0.25) is 0 Å². The number of piperidine rings is 1. The number of rotatable bonds is 6. The first-order valence-corrected chi connectivity index (χ1v) is 15.0. The topological polar surface area (TPSA) is 42.0 Å². The van der Waals surface area contributed by atoms with Gasteiger partial charge in [-0.25, -0.2) is 0 Å². The maximum absolute atomic E-state index is 13.8. The molecule has 2 aromatic heterocycles. The lowest BCUT2D eigenvalue weighted by Crippen LogP contribution is -2.54. The highest BCUT2D eigenvalue weighted by Crippen LogP contribution is 2.42. The van der Waals surface area contributed by atoms with Crippen LogP contribution in [0, 0.1) is 19.8 Å². The second-order valence-corrected chi connectivity index (χ2v) is 12.2. The third-order valence-corrected chi connectivity index (χ3v) is 9.59. The fourth-order valence-corrected chi connectivity index (χ4v) is 7.43. The SMILES string of the molecule is C=C1CC(c2ccsc2)(c2cccc(CC3CCCc4c(C)cccc43)n2)NC(=O)C1Cc1ccccc1C. The summed E-state index contributed by atoms with van der Waals surface area (Å²) in [6.07, 6.45) is 5.81. The van der Waals surface area contributed by atoms with Crippen LogP contribution < -0.4 is 5.32 Å². The van der Waals surface area contributed by atoms with E-state index in [4.69, 9.17) is 4.98 Å². The number of thiophene rings is 1. The Hall–Kier alpha value is -3.50. The molecule has 6 rings (SSSR count). The molecule has 198 valence electrons. The minimum Gasteiger partial charge on any atom is -0.340 e. The zero-order valence-corrected chi connectivity index (χ0v) is 23.7. The zero-order chi connectivity index (χ0) is 27.0. The number of benzene rings is 2. The zero-order valence-electron chi connectivity index (χ0n) is 22.9. The molecule has 4 heteroatoms. The Morgan fingerprint density at radius 1 is 1.00 bits per heavy atom. The molecule has 1 aliphatic carbocycles. The summed E-state index contributed by atoms with van der Waals surface area (Å²) < 4.78 is 0. The van der Waals surface area contributed by atoms with E-state index in [0.29, 0.717) is 18.8 Å². The molecule has 3 unspecified atom stereocenters. The van der Waals surface area contributed by atoms with Crippen molar-refractivity contribution in [1.29, 1.82) is 0 Å². The van der Waals surface area contributed by atoms with Gasteiger partial charge in [0.1, 0.15) is 5.54 Å². The first-order valence-electron chi connectivity index (χ1n) is 14.1. The van der Waals surface area contributed by atoms with Crippen LogP contribution in [0.25, 0.3) is 0 Å². The average Bonchev–Trinajstić information content (AvgIpc) is 3.48. The van der Waals surface area contributed by atoms with Gasteiger partial charge in [-0.15, -0.1) is 0 Å². The van der Waals surface area contributed by atoms with Crippen LogP contribution in [-0.2, 0) is 29.6 Å². The molecule has 4 aromatic rings. The van der Waals surface area contributed by atoms with E-state index in [0.717, 1.165) is 28.9 Å². The number of hydrogen-bond donors (Lipinski definition) is 1. The average molecular weight is 533 g/mol. The lowest BCUT2D eigenvalue weighted by molar-refractivity contribution is -0.127. The van der Waals surface area contributed by atoms with Crippen molar-refractivity contribution >= 4 is 17.2 Å². The van der Waals surface area contributed by atoms with Gasteiger partial charge in [-0.3, -0.25) is 9.78 Å². The van der Waals surface area contributed by atoms with Crippen molar-refractivity contribution in [3.05, 3.63) is 134 Å². The summed E-state index contributed by atoms with van der Waals surface area (Å²) >= 11 is 1.65. The number of carbonyl (C=O) groups excluding carboxylic acids is 1. The molecule has 3 heterocycles. The summed E-state index contributed by atoms with van der Waals surface area (Å²) in [5.74, 6) is 0.260. The van der Waals surface area contributed by atoms with Gasteiger partial charge < -0.3 is 5.32 Å². The number of aryl methyl sites for hydroxylation is 2. The minimum absolute atomic E-state index is 0.0320. The highest BCUT2D eigenvalue weighted by Gasteiger charge is 2.45. The number of pyridine rings is 1. The smallest absolute Gasteiger partial charge is 0.228 e. The number of aromatic nitrogens is 1. The molecule has 1 amide bonds. The number of carbonyl (C=O) groups is 1. The van der Waals surface area contributed by atoms with Gasteiger partial charge in [0, 0.05) is 12.1 Å². The molecular weight excluding hydrogens is 496 g/mol. The fourth-order valence-electron chi connectivity index (χ4n) is 6.70. The van der Waals surface area contributed by atoms with Crippen molar-refractivity contribution in [3.63, 3.8) is 0 Å². The van der Waals surface area contributed by atoms with Gasteiger partial charge in [0.05, 0.1) is 11.6 Å². The first kappa shape index (κ1) is 25.8. The van der Waals surface area contributed by atoms with Crippen molar-refractivity contribution in [1.82, 2.24) is 10.3 Å². The van der Waals surface area contributed by atoms with E-state index in [2.05, 4.69) is 91.1 Å². The number of nitrogens with one attached hydrogen (secondary N) is 1. The van der Waals surface area contributed by atoms with Crippen LogP contribution >= 0.6 is 11.3 Å². The molecule has 0 radical (unpaired) electrons. The molecule has 1 aliphatic heterocycles. The number of nitrogens with zero attached hydrogens (tertiary/aromatic N) is 1. The molecule has 1 saturated heterocycles. The summed E-state index contributed by atoms with van der Waals surface area (Å²) in [6.45, 7) is 8.81. The van der Waals surface area contributed by atoms with E-state index in [-0.39, 0.29) is 11.8 Å². The molecule has 2 aliphatic rings. The van der Waals surface area contributed by atoms with Crippen molar-refractivity contribution in [2.24, 2.45) is 5.92 Å². The Labute approximate surface area is 236 Å². The predicted octanol–water partition coefficient (Wildman–Crippen LogP) is 7.60. The Balaban J connectivity index is 1.32.